The lowest BCUT2D eigenvalue weighted by molar-refractivity contribution is 0.906. The largest absolute Gasteiger partial charge is 0.388 e. The molecule has 18 heavy (non-hydrogen) atoms. The van der Waals surface area contributed by atoms with Crippen LogP contribution >= 0.6 is 12.2 Å². The van der Waals surface area contributed by atoms with Crippen LogP contribution in [0.5, 0.6) is 0 Å². The van der Waals surface area contributed by atoms with Crippen LogP contribution in [0, 0.1) is 0 Å². The van der Waals surface area contributed by atoms with Crippen molar-refractivity contribution in [3.8, 4) is 5.69 Å². The number of fused-ring (bicyclic) bond motifs is 1. The van der Waals surface area contributed by atoms with Gasteiger partial charge in [-0.05, 0) is 18.2 Å². The Hall–Kier alpha value is -2.27. The van der Waals surface area contributed by atoms with Gasteiger partial charge in [-0.2, -0.15) is 5.10 Å². The lowest BCUT2D eigenvalue weighted by Gasteiger charge is -2.05. The Balaban J connectivity index is 2.20. The van der Waals surface area contributed by atoms with Crippen LogP contribution in [-0.2, 0) is 0 Å². The lowest BCUT2D eigenvalue weighted by Crippen LogP contribution is -2.12. The third-order valence-electron chi connectivity index (χ3n) is 2.72. The zero-order valence-corrected chi connectivity index (χ0v) is 10.3. The number of para-hydroxylation sites is 1. The summed E-state index contributed by atoms with van der Waals surface area (Å²) >= 11 is 4.93. The maximum absolute atomic E-state index is 5.59. The first-order valence-corrected chi connectivity index (χ1v) is 5.85. The number of hydrogen-bond donors (Lipinski definition) is 1. The molecule has 0 spiro atoms. The predicted molar refractivity (Wildman–Crippen MR) is 74.8 cm³/mol. The summed E-state index contributed by atoms with van der Waals surface area (Å²) in [5.41, 5.74) is 8.12. The molecule has 3 aromatic rings. The molecule has 0 aliphatic carbocycles. The van der Waals surface area contributed by atoms with Gasteiger partial charge in [0, 0.05) is 11.6 Å². The Bertz CT molecular complexity index is 732. The molecule has 0 aliphatic rings. The van der Waals surface area contributed by atoms with Crippen molar-refractivity contribution in [3.05, 3.63) is 54.5 Å². The summed E-state index contributed by atoms with van der Waals surface area (Å²) < 4.78 is 1.85. The fourth-order valence-electron chi connectivity index (χ4n) is 1.86. The average molecular weight is 254 g/mol. The number of nitrogens with two attached hydrogens (primary N) is 1. The van der Waals surface area contributed by atoms with Gasteiger partial charge in [-0.15, -0.1) is 0 Å². The third kappa shape index (κ3) is 1.74. The monoisotopic (exact) mass is 254 g/mol. The minimum atomic E-state index is 0.285. The summed E-state index contributed by atoms with van der Waals surface area (Å²) in [6.07, 6.45) is 3.51. The van der Waals surface area contributed by atoms with Crippen molar-refractivity contribution < 1.29 is 0 Å². The van der Waals surface area contributed by atoms with E-state index in [0.29, 0.717) is 5.69 Å². The first kappa shape index (κ1) is 10.9. The Kier molecular flexibility index (Phi) is 2.53. The van der Waals surface area contributed by atoms with Crippen LogP contribution in [-0.4, -0.2) is 19.8 Å². The Morgan fingerprint density at radius 2 is 2.06 bits per heavy atom. The molecule has 0 aliphatic heterocycles. The fraction of sp³-hybridized carbons (Fsp3) is 0. The van der Waals surface area contributed by atoms with Gasteiger partial charge in [0.2, 0.25) is 0 Å². The molecular weight excluding hydrogens is 244 g/mol. The minimum absolute atomic E-state index is 0.285. The highest BCUT2D eigenvalue weighted by molar-refractivity contribution is 7.80. The summed E-state index contributed by atoms with van der Waals surface area (Å²) in [4.78, 5) is 4.41. The topological polar surface area (TPSA) is 56.7 Å². The first-order valence-electron chi connectivity index (χ1n) is 5.45. The van der Waals surface area contributed by atoms with Crippen LogP contribution in [0.15, 0.2) is 48.8 Å². The molecule has 0 radical (unpaired) electrons. The standard InChI is InChI=1S/C13H10N4S/c14-13(18)11-7-10(5-6-15-11)17-12-4-2-1-3-9(12)8-16-17/h1-8H,(H2,14,18). The number of benzene rings is 1. The Morgan fingerprint density at radius 1 is 1.22 bits per heavy atom. The van der Waals surface area contributed by atoms with E-state index in [0.717, 1.165) is 16.6 Å². The minimum Gasteiger partial charge on any atom is -0.388 e. The number of pyridine rings is 1. The van der Waals surface area contributed by atoms with Crippen molar-refractivity contribution in [2.75, 3.05) is 0 Å². The first-order chi connectivity index (χ1) is 8.75. The van der Waals surface area contributed by atoms with Crippen molar-refractivity contribution >= 4 is 28.1 Å². The van der Waals surface area contributed by atoms with Gasteiger partial charge in [0.25, 0.3) is 0 Å². The van der Waals surface area contributed by atoms with E-state index < -0.39 is 0 Å². The van der Waals surface area contributed by atoms with E-state index in [4.69, 9.17) is 18.0 Å². The van der Waals surface area contributed by atoms with Gasteiger partial charge in [-0.3, -0.25) is 4.98 Å². The average Bonchev–Trinajstić information content (AvgIpc) is 2.82. The second-order valence-corrected chi connectivity index (χ2v) is 4.32. The number of hydrogen-bond acceptors (Lipinski definition) is 3. The number of rotatable bonds is 2. The van der Waals surface area contributed by atoms with Crippen LogP contribution in [0.4, 0.5) is 0 Å². The molecule has 3 rings (SSSR count). The third-order valence-corrected chi connectivity index (χ3v) is 2.93. The van der Waals surface area contributed by atoms with E-state index in [1.54, 1.807) is 6.20 Å². The summed E-state index contributed by atoms with van der Waals surface area (Å²) in [5, 5.41) is 5.46. The van der Waals surface area contributed by atoms with E-state index in [1.165, 1.54) is 0 Å². The van der Waals surface area contributed by atoms with Crippen molar-refractivity contribution in [1.82, 2.24) is 14.8 Å². The van der Waals surface area contributed by atoms with Crippen LogP contribution in [0.3, 0.4) is 0 Å². The van der Waals surface area contributed by atoms with Crippen LogP contribution in [0.2, 0.25) is 0 Å². The van der Waals surface area contributed by atoms with Gasteiger partial charge >= 0.3 is 0 Å². The van der Waals surface area contributed by atoms with Crippen molar-refractivity contribution in [2.24, 2.45) is 5.73 Å². The zero-order chi connectivity index (χ0) is 12.5. The van der Waals surface area contributed by atoms with Crippen LogP contribution in [0.25, 0.3) is 16.6 Å². The van der Waals surface area contributed by atoms with E-state index in [1.807, 2.05) is 47.3 Å². The molecule has 88 valence electrons. The second-order valence-electron chi connectivity index (χ2n) is 3.88. The molecule has 0 saturated carbocycles. The highest BCUT2D eigenvalue weighted by atomic mass is 32.1. The molecule has 5 heteroatoms. The number of thiocarbonyl (C=S) groups is 1. The summed E-state index contributed by atoms with van der Waals surface area (Å²) in [5.74, 6) is 0. The molecular formula is C13H10N4S. The summed E-state index contributed by atoms with van der Waals surface area (Å²) in [6, 6.07) is 11.7. The molecule has 2 aromatic heterocycles. The predicted octanol–water partition coefficient (Wildman–Crippen LogP) is 2.05. The molecule has 0 saturated heterocycles. The molecule has 0 fully saturated rings. The summed E-state index contributed by atoms with van der Waals surface area (Å²) in [7, 11) is 0. The normalized spacial score (nSPS) is 10.7. The highest BCUT2D eigenvalue weighted by Crippen LogP contribution is 2.17. The quantitative estimate of drug-likeness (QED) is 0.711. The molecule has 0 bridgehead atoms. The molecule has 2 N–H and O–H groups in total. The van der Waals surface area contributed by atoms with E-state index in [9.17, 15) is 0 Å². The summed E-state index contributed by atoms with van der Waals surface area (Å²) in [6.45, 7) is 0. The van der Waals surface area contributed by atoms with E-state index in [2.05, 4.69) is 10.1 Å². The van der Waals surface area contributed by atoms with E-state index in [-0.39, 0.29) is 4.99 Å². The molecule has 0 amide bonds. The zero-order valence-electron chi connectivity index (χ0n) is 9.45. The second kappa shape index (κ2) is 4.19. The fourth-order valence-corrected chi connectivity index (χ4v) is 1.97. The van der Waals surface area contributed by atoms with Crippen molar-refractivity contribution in [3.63, 3.8) is 0 Å². The van der Waals surface area contributed by atoms with Gasteiger partial charge in [0.05, 0.1) is 23.1 Å². The van der Waals surface area contributed by atoms with Gasteiger partial charge < -0.3 is 5.73 Å². The van der Waals surface area contributed by atoms with Crippen molar-refractivity contribution in [1.29, 1.82) is 0 Å². The van der Waals surface area contributed by atoms with Gasteiger partial charge in [0.1, 0.15) is 4.99 Å². The number of nitrogens with zero attached hydrogens (tertiary/aromatic N) is 3. The Morgan fingerprint density at radius 3 is 2.89 bits per heavy atom. The maximum Gasteiger partial charge on any atom is 0.122 e. The molecule has 0 unspecified atom stereocenters. The van der Waals surface area contributed by atoms with Gasteiger partial charge in [0.15, 0.2) is 0 Å². The molecule has 4 nitrogen and oxygen atoms in total. The molecule has 2 heterocycles. The van der Waals surface area contributed by atoms with Crippen LogP contribution in [0.1, 0.15) is 5.69 Å². The molecule has 1 aromatic carbocycles. The SMILES string of the molecule is NC(=S)c1cc(-n2ncc3ccccc32)ccn1. The highest BCUT2D eigenvalue weighted by Gasteiger charge is 2.06. The van der Waals surface area contributed by atoms with Crippen molar-refractivity contribution in [2.45, 2.75) is 0 Å². The molecule has 0 atom stereocenters. The van der Waals surface area contributed by atoms with Crippen LogP contribution < -0.4 is 5.73 Å². The maximum atomic E-state index is 5.59. The lowest BCUT2D eigenvalue weighted by atomic mass is 10.2. The number of aromatic nitrogens is 3. The van der Waals surface area contributed by atoms with E-state index >= 15 is 0 Å². The smallest absolute Gasteiger partial charge is 0.122 e. The van der Waals surface area contributed by atoms with Gasteiger partial charge in [-0.1, -0.05) is 30.4 Å². The Labute approximate surface area is 109 Å². The van der Waals surface area contributed by atoms with Gasteiger partial charge in [-0.25, -0.2) is 4.68 Å².